The van der Waals surface area contributed by atoms with Crippen LogP contribution in [0.1, 0.15) is 12.8 Å². The molecule has 0 saturated carbocycles. The predicted molar refractivity (Wildman–Crippen MR) is 101 cm³/mol. The number of aliphatic hydroxyl groups excluding tert-OH is 1. The summed E-state index contributed by atoms with van der Waals surface area (Å²) < 4.78 is 0. The van der Waals surface area contributed by atoms with Gasteiger partial charge >= 0.3 is 0 Å². The third kappa shape index (κ3) is 4.87. The third-order valence-electron chi connectivity index (χ3n) is 5.36. The SMILES string of the molecule is O=C([O-])C1CC=CCC1C(=O)Nc1ccc(N2CCN(CCO)CC2)cc1. The van der Waals surface area contributed by atoms with Gasteiger partial charge in [0.2, 0.25) is 5.91 Å². The Morgan fingerprint density at radius 3 is 2.26 bits per heavy atom. The van der Waals surface area contributed by atoms with Gasteiger partial charge in [-0.25, -0.2) is 0 Å². The fourth-order valence-corrected chi connectivity index (χ4v) is 3.73. The molecule has 1 aliphatic carbocycles. The number of nitrogens with zero attached hydrogens (tertiary/aromatic N) is 2. The molecule has 2 unspecified atom stereocenters. The summed E-state index contributed by atoms with van der Waals surface area (Å²) in [4.78, 5) is 28.3. The Bertz CT molecular complexity index is 681. The second-order valence-corrected chi connectivity index (χ2v) is 7.06. The summed E-state index contributed by atoms with van der Waals surface area (Å²) in [6.07, 6.45) is 4.39. The topological polar surface area (TPSA) is 95.9 Å². The van der Waals surface area contributed by atoms with E-state index in [9.17, 15) is 14.7 Å². The Kier molecular flexibility index (Phi) is 6.47. The van der Waals surface area contributed by atoms with Gasteiger partial charge in [-0.1, -0.05) is 12.2 Å². The van der Waals surface area contributed by atoms with E-state index >= 15 is 0 Å². The maximum absolute atomic E-state index is 12.5. The van der Waals surface area contributed by atoms with Crippen LogP contribution in [0.15, 0.2) is 36.4 Å². The van der Waals surface area contributed by atoms with Gasteiger partial charge in [0.15, 0.2) is 0 Å². The van der Waals surface area contributed by atoms with Gasteiger partial charge in [0.25, 0.3) is 0 Å². The molecule has 1 fully saturated rings. The minimum absolute atomic E-state index is 0.185. The molecule has 146 valence electrons. The van der Waals surface area contributed by atoms with Gasteiger partial charge in [-0.2, -0.15) is 0 Å². The zero-order valence-corrected chi connectivity index (χ0v) is 15.3. The number of aliphatic carboxylic acids is 1. The maximum atomic E-state index is 12.5. The molecule has 1 heterocycles. The normalized spacial score (nSPS) is 23.2. The monoisotopic (exact) mass is 372 g/mol. The van der Waals surface area contributed by atoms with Gasteiger partial charge in [0.1, 0.15) is 0 Å². The van der Waals surface area contributed by atoms with Gasteiger partial charge in [0, 0.05) is 56.0 Å². The Balaban J connectivity index is 1.57. The molecule has 0 spiro atoms. The predicted octanol–water partition coefficient (Wildman–Crippen LogP) is 0.0717. The number of nitrogens with one attached hydrogen (secondary N) is 1. The van der Waals surface area contributed by atoms with Crippen LogP contribution in [0.5, 0.6) is 0 Å². The van der Waals surface area contributed by atoms with E-state index in [1.54, 1.807) is 6.08 Å². The molecule has 2 N–H and O–H groups in total. The lowest BCUT2D eigenvalue weighted by Gasteiger charge is -2.35. The molecule has 2 aliphatic rings. The molecule has 0 bridgehead atoms. The first-order valence-corrected chi connectivity index (χ1v) is 9.43. The molecule has 3 rings (SSSR count). The van der Waals surface area contributed by atoms with Crippen LogP contribution in [-0.4, -0.2) is 61.2 Å². The largest absolute Gasteiger partial charge is 0.550 e. The first kappa shape index (κ1) is 19.4. The molecule has 1 amide bonds. The lowest BCUT2D eigenvalue weighted by atomic mass is 9.82. The lowest BCUT2D eigenvalue weighted by molar-refractivity contribution is -0.313. The number of carboxylic acid groups (broad SMARTS) is 1. The van der Waals surface area contributed by atoms with E-state index < -0.39 is 17.8 Å². The molecule has 7 heteroatoms. The van der Waals surface area contributed by atoms with Crippen LogP contribution in [0, 0.1) is 11.8 Å². The van der Waals surface area contributed by atoms with Crippen LogP contribution < -0.4 is 15.3 Å². The van der Waals surface area contributed by atoms with Crippen molar-refractivity contribution in [2.45, 2.75) is 12.8 Å². The highest BCUT2D eigenvalue weighted by atomic mass is 16.4. The molecule has 1 aromatic carbocycles. The maximum Gasteiger partial charge on any atom is 0.228 e. The van der Waals surface area contributed by atoms with Crippen molar-refractivity contribution < 1.29 is 19.8 Å². The van der Waals surface area contributed by atoms with Crippen LogP contribution in [0.3, 0.4) is 0 Å². The van der Waals surface area contributed by atoms with Crippen molar-refractivity contribution in [3.8, 4) is 0 Å². The second-order valence-electron chi connectivity index (χ2n) is 7.06. The van der Waals surface area contributed by atoms with E-state index in [1.807, 2.05) is 30.3 Å². The molecular weight excluding hydrogens is 346 g/mol. The van der Waals surface area contributed by atoms with E-state index in [4.69, 9.17) is 5.11 Å². The van der Waals surface area contributed by atoms with E-state index in [0.717, 1.165) is 31.9 Å². The van der Waals surface area contributed by atoms with E-state index in [0.29, 0.717) is 25.1 Å². The van der Waals surface area contributed by atoms with Crippen molar-refractivity contribution in [2.75, 3.05) is 49.5 Å². The summed E-state index contributed by atoms with van der Waals surface area (Å²) in [5.74, 6) is -2.82. The highest BCUT2D eigenvalue weighted by molar-refractivity contribution is 5.95. The Hall–Kier alpha value is -2.38. The quantitative estimate of drug-likeness (QED) is 0.686. The number of hydrogen-bond donors (Lipinski definition) is 2. The molecule has 7 nitrogen and oxygen atoms in total. The van der Waals surface area contributed by atoms with Crippen LogP contribution in [0.4, 0.5) is 11.4 Å². The van der Waals surface area contributed by atoms with E-state index in [-0.39, 0.29) is 12.5 Å². The molecule has 0 radical (unpaired) electrons. The fourth-order valence-electron chi connectivity index (χ4n) is 3.73. The van der Waals surface area contributed by atoms with Crippen molar-refractivity contribution in [1.82, 2.24) is 4.90 Å². The first-order chi connectivity index (χ1) is 13.1. The number of benzene rings is 1. The molecule has 1 aromatic rings. The average Bonchev–Trinajstić information content (AvgIpc) is 2.69. The zero-order chi connectivity index (χ0) is 19.2. The average molecular weight is 372 g/mol. The number of β-amino-alcohol motifs (C(OH)–C–C–N with tert-alkyl or cyclic N) is 1. The second kappa shape index (κ2) is 9.01. The summed E-state index contributed by atoms with van der Waals surface area (Å²) >= 11 is 0. The lowest BCUT2D eigenvalue weighted by Crippen LogP contribution is -2.47. The van der Waals surface area contributed by atoms with Gasteiger partial charge < -0.3 is 25.2 Å². The number of carbonyl (C=O) groups is 2. The molecule has 2 atom stereocenters. The highest BCUT2D eigenvalue weighted by Crippen LogP contribution is 2.27. The summed E-state index contributed by atoms with van der Waals surface area (Å²) in [6.45, 7) is 4.52. The standard InChI is InChI=1S/C20H27N3O4/c24-14-13-22-9-11-23(12-10-22)16-7-5-15(6-8-16)21-19(25)17-3-1-2-4-18(17)20(26)27/h1-2,5-8,17-18,24H,3-4,9-14H2,(H,21,25)(H,26,27)/p-1. The minimum atomic E-state index is -1.17. The van der Waals surface area contributed by atoms with Gasteiger partial charge in [-0.3, -0.25) is 9.69 Å². The van der Waals surface area contributed by atoms with E-state index in [2.05, 4.69) is 15.1 Å². The summed E-state index contributed by atoms with van der Waals surface area (Å²) in [7, 11) is 0. The van der Waals surface area contributed by atoms with Crippen molar-refractivity contribution >= 4 is 23.3 Å². The number of piperazine rings is 1. The minimum Gasteiger partial charge on any atom is -0.550 e. The Morgan fingerprint density at radius 2 is 1.67 bits per heavy atom. The van der Waals surface area contributed by atoms with Crippen LogP contribution >= 0.6 is 0 Å². The van der Waals surface area contributed by atoms with Crippen LogP contribution in [0.25, 0.3) is 0 Å². The van der Waals surface area contributed by atoms with Gasteiger partial charge in [-0.05, 0) is 37.1 Å². The summed E-state index contributed by atoms with van der Waals surface area (Å²) in [5, 5.41) is 23.1. The number of carbonyl (C=O) groups excluding carboxylic acids is 2. The highest BCUT2D eigenvalue weighted by Gasteiger charge is 2.29. The molecule has 27 heavy (non-hydrogen) atoms. The van der Waals surface area contributed by atoms with Crippen molar-refractivity contribution in [3.63, 3.8) is 0 Å². The van der Waals surface area contributed by atoms with E-state index in [1.165, 1.54) is 0 Å². The Morgan fingerprint density at radius 1 is 1.04 bits per heavy atom. The molecular formula is C20H26N3O4-. The number of rotatable bonds is 6. The number of anilines is 2. The fraction of sp³-hybridized carbons (Fsp3) is 0.500. The molecule has 1 saturated heterocycles. The summed E-state index contributed by atoms with van der Waals surface area (Å²) in [5.41, 5.74) is 1.75. The number of hydrogen-bond acceptors (Lipinski definition) is 6. The summed E-state index contributed by atoms with van der Waals surface area (Å²) in [6, 6.07) is 7.63. The van der Waals surface area contributed by atoms with Crippen molar-refractivity contribution in [2.24, 2.45) is 11.8 Å². The number of aliphatic hydroxyl groups is 1. The van der Waals surface area contributed by atoms with Gasteiger partial charge in [-0.15, -0.1) is 0 Å². The number of amides is 1. The van der Waals surface area contributed by atoms with Gasteiger partial charge in [0.05, 0.1) is 12.5 Å². The smallest absolute Gasteiger partial charge is 0.228 e. The van der Waals surface area contributed by atoms with Crippen LogP contribution in [0.2, 0.25) is 0 Å². The molecule has 0 aromatic heterocycles. The zero-order valence-electron chi connectivity index (χ0n) is 15.3. The van der Waals surface area contributed by atoms with Crippen LogP contribution in [-0.2, 0) is 9.59 Å². The third-order valence-corrected chi connectivity index (χ3v) is 5.36. The van der Waals surface area contributed by atoms with Crippen molar-refractivity contribution in [1.29, 1.82) is 0 Å². The molecule has 1 aliphatic heterocycles. The van der Waals surface area contributed by atoms with Crippen molar-refractivity contribution in [3.05, 3.63) is 36.4 Å². The first-order valence-electron chi connectivity index (χ1n) is 9.43. The number of carboxylic acids is 1. The number of allylic oxidation sites excluding steroid dienone is 2. The Labute approximate surface area is 159 Å².